The monoisotopic (exact) mass is 233 g/mol. The Morgan fingerprint density at radius 2 is 2.06 bits per heavy atom. The number of carbonyl (C=O) groups excluding carboxylic acids is 1. The van der Waals surface area contributed by atoms with E-state index in [1.54, 1.807) is 11.6 Å². The molecule has 0 N–H and O–H groups in total. The largest absolute Gasteiger partial charge is 0.464 e. The van der Waals surface area contributed by atoms with Crippen LogP contribution < -0.4 is 0 Å². The number of aromatic nitrogens is 5. The van der Waals surface area contributed by atoms with Crippen LogP contribution in [0.4, 0.5) is 0 Å². The van der Waals surface area contributed by atoms with Crippen LogP contribution in [-0.4, -0.2) is 37.8 Å². The number of methoxy groups -OCH3 is 1. The van der Waals surface area contributed by atoms with Gasteiger partial charge in [-0.2, -0.15) is 4.68 Å². The second-order valence-corrected chi connectivity index (χ2v) is 3.37. The third-order valence-electron chi connectivity index (χ3n) is 2.12. The number of aryl methyl sites for hydroxylation is 2. The predicted octanol–water partition coefficient (Wildman–Crippen LogP) is 0.461. The smallest absolute Gasteiger partial charge is 0.358 e. The van der Waals surface area contributed by atoms with Crippen molar-refractivity contribution >= 4 is 5.97 Å². The summed E-state index contributed by atoms with van der Waals surface area (Å²) in [7, 11) is 1.29. The molecular weight excluding hydrogens is 222 g/mol. The molecule has 0 spiro atoms. The van der Waals surface area contributed by atoms with E-state index in [1.165, 1.54) is 19.5 Å². The van der Waals surface area contributed by atoms with Crippen LogP contribution in [0, 0.1) is 13.8 Å². The molecule has 88 valence electrons. The van der Waals surface area contributed by atoms with Crippen LogP contribution in [0.1, 0.15) is 22.1 Å². The van der Waals surface area contributed by atoms with Gasteiger partial charge in [0.1, 0.15) is 11.6 Å². The van der Waals surface area contributed by atoms with Crippen molar-refractivity contribution in [1.82, 2.24) is 24.7 Å². The van der Waals surface area contributed by atoms with Crippen molar-refractivity contribution in [2.24, 2.45) is 0 Å². The predicted molar refractivity (Wildman–Crippen MR) is 57.8 cm³/mol. The maximum Gasteiger partial charge on any atom is 0.358 e. The Balaban J connectivity index is 2.35. The van der Waals surface area contributed by atoms with E-state index < -0.39 is 5.97 Å². The number of ether oxygens (including phenoxy) is 1. The van der Waals surface area contributed by atoms with Gasteiger partial charge in [0.05, 0.1) is 19.5 Å². The van der Waals surface area contributed by atoms with Crippen molar-refractivity contribution < 1.29 is 9.53 Å². The summed E-state index contributed by atoms with van der Waals surface area (Å²) >= 11 is 0. The normalized spacial score (nSPS) is 10.3. The SMILES string of the molecule is COC(=O)c1cnc(-n2nc(C)nc2C)cn1. The first kappa shape index (κ1) is 11.2. The van der Waals surface area contributed by atoms with Crippen molar-refractivity contribution in [1.29, 1.82) is 0 Å². The zero-order valence-electron chi connectivity index (χ0n) is 9.71. The van der Waals surface area contributed by atoms with Gasteiger partial charge in [0.15, 0.2) is 11.5 Å². The minimum atomic E-state index is -0.518. The number of esters is 1. The van der Waals surface area contributed by atoms with E-state index in [4.69, 9.17) is 0 Å². The lowest BCUT2D eigenvalue weighted by Gasteiger charge is -2.02. The zero-order valence-corrected chi connectivity index (χ0v) is 9.71. The third-order valence-corrected chi connectivity index (χ3v) is 2.12. The topological polar surface area (TPSA) is 82.8 Å². The Morgan fingerprint density at radius 3 is 2.53 bits per heavy atom. The Labute approximate surface area is 97.5 Å². The zero-order chi connectivity index (χ0) is 12.4. The van der Waals surface area contributed by atoms with Crippen LogP contribution in [0.15, 0.2) is 12.4 Å². The first-order valence-corrected chi connectivity index (χ1v) is 4.93. The molecule has 0 aliphatic carbocycles. The highest BCUT2D eigenvalue weighted by molar-refractivity contribution is 5.86. The van der Waals surface area contributed by atoms with Crippen molar-refractivity contribution in [3.8, 4) is 5.82 Å². The minimum Gasteiger partial charge on any atom is -0.464 e. The molecule has 2 aromatic rings. The molecule has 17 heavy (non-hydrogen) atoms. The van der Waals surface area contributed by atoms with Gasteiger partial charge in [-0.25, -0.2) is 19.7 Å². The molecule has 2 aromatic heterocycles. The Morgan fingerprint density at radius 1 is 1.29 bits per heavy atom. The molecule has 2 rings (SSSR count). The van der Waals surface area contributed by atoms with Gasteiger partial charge in [-0.1, -0.05) is 0 Å². The standard InChI is InChI=1S/C10H11N5O2/c1-6-13-7(2)15(14-6)9-5-11-8(4-12-9)10(16)17-3/h4-5H,1-3H3. The molecule has 0 saturated carbocycles. The summed E-state index contributed by atoms with van der Waals surface area (Å²) in [5, 5.41) is 4.16. The second kappa shape index (κ2) is 4.28. The highest BCUT2D eigenvalue weighted by Crippen LogP contribution is 2.05. The van der Waals surface area contributed by atoms with Crippen molar-refractivity contribution in [3.05, 3.63) is 29.7 Å². The van der Waals surface area contributed by atoms with Crippen LogP contribution in [0.2, 0.25) is 0 Å². The lowest BCUT2D eigenvalue weighted by molar-refractivity contribution is 0.0593. The Bertz CT molecular complexity index is 546. The first-order chi connectivity index (χ1) is 8.11. The summed E-state index contributed by atoms with van der Waals surface area (Å²) in [5.74, 6) is 1.36. The van der Waals surface area contributed by atoms with E-state index in [0.717, 1.165) is 0 Å². The summed E-state index contributed by atoms with van der Waals surface area (Å²) in [6, 6.07) is 0. The van der Waals surface area contributed by atoms with Gasteiger partial charge in [-0.3, -0.25) is 0 Å². The lowest BCUT2D eigenvalue weighted by atomic mass is 10.4. The molecule has 7 heteroatoms. The minimum absolute atomic E-state index is 0.158. The Hall–Kier alpha value is -2.31. The third kappa shape index (κ3) is 2.12. The molecule has 2 heterocycles. The van der Waals surface area contributed by atoms with E-state index >= 15 is 0 Å². The van der Waals surface area contributed by atoms with Crippen LogP contribution in [0.5, 0.6) is 0 Å². The van der Waals surface area contributed by atoms with E-state index in [2.05, 4.69) is 24.8 Å². The lowest BCUT2D eigenvalue weighted by Crippen LogP contribution is -2.08. The number of hydrogen-bond donors (Lipinski definition) is 0. The average molecular weight is 233 g/mol. The van der Waals surface area contributed by atoms with Crippen LogP contribution in [0.3, 0.4) is 0 Å². The van der Waals surface area contributed by atoms with E-state index in [1.807, 2.05) is 6.92 Å². The van der Waals surface area contributed by atoms with Crippen molar-refractivity contribution in [2.45, 2.75) is 13.8 Å². The van der Waals surface area contributed by atoms with Crippen molar-refractivity contribution in [3.63, 3.8) is 0 Å². The maximum absolute atomic E-state index is 11.2. The summed E-state index contributed by atoms with van der Waals surface area (Å²) < 4.78 is 6.09. The van der Waals surface area contributed by atoms with Gasteiger partial charge < -0.3 is 4.74 Å². The number of nitrogens with zero attached hydrogens (tertiary/aromatic N) is 5. The molecule has 0 fully saturated rings. The number of rotatable bonds is 2. The fourth-order valence-electron chi connectivity index (χ4n) is 1.38. The molecule has 0 bridgehead atoms. The van der Waals surface area contributed by atoms with Gasteiger partial charge in [0, 0.05) is 0 Å². The highest BCUT2D eigenvalue weighted by Gasteiger charge is 2.10. The van der Waals surface area contributed by atoms with E-state index in [-0.39, 0.29) is 5.69 Å². The van der Waals surface area contributed by atoms with Crippen LogP contribution >= 0.6 is 0 Å². The molecule has 7 nitrogen and oxygen atoms in total. The molecule has 0 atom stereocenters. The average Bonchev–Trinajstić information content (AvgIpc) is 2.68. The van der Waals surface area contributed by atoms with Crippen LogP contribution in [-0.2, 0) is 4.74 Å². The van der Waals surface area contributed by atoms with Gasteiger partial charge in [-0.05, 0) is 13.8 Å². The summed E-state index contributed by atoms with van der Waals surface area (Å²) in [5.41, 5.74) is 0.158. The highest BCUT2D eigenvalue weighted by atomic mass is 16.5. The van der Waals surface area contributed by atoms with E-state index in [0.29, 0.717) is 17.5 Å². The fourth-order valence-corrected chi connectivity index (χ4v) is 1.38. The first-order valence-electron chi connectivity index (χ1n) is 4.93. The maximum atomic E-state index is 11.2. The molecule has 0 radical (unpaired) electrons. The number of hydrogen-bond acceptors (Lipinski definition) is 6. The molecule has 0 saturated heterocycles. The van der Waals surface area contributed by atoms with Gasteiger partial charge in [-0.15, -0.1) is 5.10 Å². The van der Waals surface area contributed by atoms with Gasteiger partial charge in [0.25, 0.3) is 0 Å². The molecule has 0 unspecified atom stereocenters. The molecule has 0 aliphatic heterocycles. The summed E-state index contributed by atoms with van der Waals surface area (Å²) in [4.78, 5) is 23.4. The Kier molecular flexibility index (Phi) is 2.82. The van der Waals surface area contributed by atoms with Crippen molar-refractivity contribution in [2.75, 3.05) is 7.11 Å². The quantitative estimate of drug-likeness (QED) is 0.701. The van der Waals surface area contributed by atoms with E-state index in [9.17, 15) is 4.79 Å². The van der Waals surface area contributed by atoms with Crippen LogP contribution in [0.25, 0.3) is 5.82 Å². The summed E-state index contributed by atoms with van der Waals surface area (Å²) in [6.45, 7) is 3.61. The molecule has 0 amide bonds. The summed E-state index contributed by atoms with van der Waals surface area (Å²) in [6.07, 6.45) is 2.80. The van der Waals surface area contributed by atoms with Gasteiger partial charge in [0.2, 0.25) is 0 Å². The molecule has 0 aromatic carbocycles. The molecular formula is C10H11N5O2. The fraction of sp³-hybridized carbons (Fsp3) is 0.300. The van der Waals surface area contributed by atoms with Gasteiger partial charge >= 0.3 is 5.97 Å². The number of carbonyl (C=O) groups is 1. The second-order valence-electron chi connectivity index (χ2n) is 3.37. The molecule has 0 aliphatic rings.